The van der Waals surface area contributed by atoms with E-state index in [0.29, 0.717) is 12.1 Å². The van der Waals surface area contributed by atoms with Crippen molar-refractivity contribution in [2.24, 2.45) is 4.99 Å². The summed E-state index contributed by atoms with van der Waals surface area (Å²) < 4.78 is 0. The number of pyridine rings is 2. The molecule has 0 unspecified atom stereocenters. The van der Waals surface area contributed by atoms with Gasteiger partial charge < -0.3 is 0 Å². The molecule has 25 heavy (non-hydrogen) atoms. The van der Waals surface area contributed by atoms with Crippen LogP contribution in [-0.2, 0) is 0 Å². The summed E-state index contributed by atoms with van der Waals surface area (Å²) in [6, 6.07) is 13.1. The van der Waals surface area contributed by atoms with Gasteiger partial charge in [0.25, 0.3) is 0 Å². The van der Waals surface area contributed by atoms with E-state index in [-0.39, 0.29) is 0 Å². The zero-order valence-corrected chi connectivity index (χ0v) is 14.5. The van der Waals surface area contributed by atoms with Gasteiger partial charge in [0.1, 0.15) is 0 Å². The Labute approximate surface area is 149 Å². The average molecular weight is 332 g/mol. The van der Waals surface area contributed by atoms with E-state index in [0.717, 1.165) is 43.6 Å². The van der Waals surface area contributed by atoms with Gasteiger partial charge in [0, 0.05) is 25.2 Å². The van der Waals surface area contributed by atoms with E-state index in [9.17, 15) is 0 Å². The van der Waals surface area contributed by atoms with Crippen molar-refractivity contribution in [3.63, 3.8) is 0 Å². The Kier molecular flexibility index (Phi) is 4.98. The number of hydrogen-bond donors (Lipinski definition) is 0. The monoisotopic (exact) mass is 332 g/mol. The molecule has 0 aromatic carbocycles. The first-order valence-corrected chi connectivity index (χ1v) is 9.21. The Morgan fingerprint density at radius 2 is 1.56 bits per heavy atom. The topological polar surface area (TPSA) is 41.4 Å². The van der Waals surface area contributed by atoms with E-state index >= 15 is 0 Å². The van der Waals surface area contributed by atoms with E-state index in [1.54, 1.807) is 0 Å². The lowest BCUT2D eigenvalue weighted by Crippen LogP contribution is -2.38. The van der Waals surface area contributed by atoms with Gasteiger partial charge >= 0.3 is 0 Å². The molecule has 2 atom stereocenters. The zero-order valence-electron chi connectivity index (χ0n) is 14.5. The van der Waals surface area contributed by atoms with Gasteiger partial charge in [0.15, 0.2) is 0 Å². The maximum absolute atomic E-state index is 4.65. The summed E-state index contributed by atoms with van der Waals surface area (Å²) >= 11 is 0. The highest BCUT2D eigenvalue weighted by Crippen LogP contribution is 2.41. The Hall–Kier alpha value is -2.33. The highest BCUT2D eigenvalue weighted by Gasteiger charge is 2.34. The van der Waals surface area contributed by atoms with Crippen LogP contribution in [0.3, 0.4) is 0 Å². The molecule has 4 heterocycles. The van der Waals surface area contributed by atoms with E-state index in [4.69, 9.17) is 0 Å². The van der Waals surface area contributed by atoms with Crippen LogP contribution < -0.4 is 0 Å². The molecule has 2 aromatic heterocycles. The maximum Gasteiger partial charge on any atom is 0.0575 e. The first-order chi connectivity index (χ1) is 12.4. The minimum atomic E-state index is 0.319. The van der Waals surface area contributed by atoms with Crippen LogP contribution in [0.1, 0.15) is 55.6 Å². The number of aliphatic imine (C=N–C) groups is 1. The number of likely N-dealkylation sites (tertiary alicyclic amines) is 1. The number of aromatic nitrogens is 2. The highest BCUT2D eigenvalue weighted by molar-refractivity contribution is 5.60. The van der Waals surface area contributed by atoms with E-state index in [1.807, 2.05) is 30.7 Å². The Balaban J connectivity index is 1.67. The quantitative estimate of drug-likeness (QED) is 0.828. The fraction of sp³-hybridized carbons (Fsp3) is 0.381. The van der Waals surface area contributed by atoms with Gasteiger partial charge in [0.2, 0.25) is 0 Å². The molecule has 1 fully saturated rings. The van der Waals surface area contributed by atoms with Crippen molar-refractivity contribution in [2.45, 2.75) is 44.2 Å². The van der Waals surface area contributed by atoms with Gasteiger partial charge in [-0.2, -0.15) is 0 Å². The molecule has 2 aromatic rings. The molecule has 0 bridgehead atoms. The molecule has 0 spiro atoms. The molecule has 0 N–H and O–H groups in total. The minimum absolute atomic E-state index is 0.319. The van der Waals surface area contributed by atoms with Crippen molar-refractivity contribution in [1.82, 2.24) is 14.9 Å². The third-order valence-corrected chi connectivity index (χ3v) is 5.09. The van der Waals surface area contributed by atoms with Crippen molar-refractivity contribution in [2.75, 3.05) is 6.54 Å². The van der Waals surface area contributed by atoms with Crippen LogP contribution >= 0.6 is 0 Å². The standard InChI is InChI=1S/C21H24N4/c1-4-13-22-17(8-1)16-25-20(18-9-2-5-14-23-18)11-7-12-21(25)19-10-3-6-15-24-19/h2-3,5-6,8-10,13-15,20-21H,1,4,7,11-12,16H2/t20-,21-/m0/s1. The minimum Gasteiger partial charge on any atom is -0.280 e. The Morgan fingerprint density at radius 1 is 0.880 bits per heavy atom. The summed E-state index contributed by atoms with van der Waals surface area (Å²) in [5.41, 5.74) is 3.49. The van der Waals surface area contributed by atoms with Crippen LogP contribution in [0.4, 0.5) is 0 Å². The third kappa shape index (κ3) is 3.69. The summed E-state index contributed by atoms with van der Waals surface area (Å²) in [5.74, 6) is 0. The first kappa shape index (κ1) is 16.2. The number of piperidine rings is 1. The summed E-state index contributed by atoms with van der Waals surface area (Å²) in [6.45, 7) is 0.860. The van der Waals surface area contributed by atoms with E-state index in [1.165, 1.54) is 12.1 Å². The van der Waals surface area contributed by atoms with Crippen molar-refractivity contribution >= 4 is 6.21 Å². The predicted octanol–water partition coefficient (Wildman–Crippen LogP) is 4.49. The van der Waals surface area contributed by atoms with Crippen LogP contribution in [0.15, 0.2) is 65.6 Å². The van der Waals surface area contributed by atoms with Crippen molar-refractivity contribution in [3.8, 4) is 0 Å². The SMILES string of the molecule is C1=NC(CN2[C@H](c3ccccn3)CCC[C@H]2c2ccccn2)=CCC1. The molecule has 4 rings (SSSR count). The summed E-state index contributed by atoms with van der Waals surface area (Å²) in [6.07, 6.45) is 13.7. The summed E-state index contributed by atoms with van der Waals surface area (Å²) in [7, 11) is 0. The molecule has 1 saturated heterocycles. The molecule has 2 aliphatic rings. The molecule has 128 valence electrons. The Morgan fingerprint density at radius 3 is 2.08 bits per heavy atom. The molecule has 0 radical (unpaired) electrons. The van der Waals surface area contributed by atoms with Crippen molar-refractivity contribution < 1.29 is 0 Å². The van der Waals surface area contributed by atoms with Crippen LogP contribution in [0.25, 0.3) is 0 Å². The normalized spacial score (nSPS) is 24.1. The van der Waals surface area contributed by atoms with Gasteiger partial charge in [-0.15, -0.1) is 0 Å². The first-order valence-electron chi connectivity index (χ1n) is 9.21. The fourth-order valence-electron chi connectivity index (χ4n) is 3.91. The van der Waals surface area contributed by atoms with Gasteiger partial charge in [-0.05, 0) is 56.4 Å². The molecule has 0 aliphatic carbocycles. The number of allylic oxidation sites excluding steroid dienone is 1. The average Bonchev–Trinajstić information content (AvgIpc) is 2.70. The third-order valence-electron chi connectivity index (χ3n) is 5.09. The molecule has 0 saturated carbocycles. The van der Waals surface area contributed by atoms with Gasteiger partial charge in [0.05, 0.1) is 29.2 Å². The largest absolute Gasteiger partial charge is 0.280 e. The van der Waals surface area contributed by atoms with Crippen molar-refractivity contribution in [1.29, 1.82) is 0 Å². The second kappa shape index (κ2) is 7.70. The smallest absolute Gasteiger partial charge is 0.0575 e. The molecule has 0 amide bonds. The van der Waals surface area contributed by atoms with Crippen LogP contribution in [0.2, 0.25) is 0 Å². The van der Waals surface area contributed by atoms with E-state index < -0.39 is 0 Å². The van der Waals surface area contributed by atoms with Gasteiger partial charge in [-0.1, -0.05) is 18.2 Å². The zero-order chi connectivity index (χ0) is 16.9. The number of hydrogen-bond acceptors (Lipinski definition) is 4. The predicted molar refractivity (Wildman–Crippen MR) is 100 cm³/mol. The molecule has 4 heteroatoms. The van der Waals surface area contributed by atoms with Crippen LogP contribution in [-0.4, -0.2) is 27.6 Å². The molecule has 2 aliphatic heterocycles. The van der Waals surface area contributed by atoms with Crippen molar-refractivity contribution in [3.05, 3.63) is 72.0 Å². The van der Waals surface area contributed by atoms with Crippen LogP contribution in [0.5, 0.6) is 0 Å². The molecular weight excluding hydrogens is 308 g/mol. The highest BCUT2D eigenvalue weighted by atomic mass is 15.2. The molecular formula is C21H24N4. The number of rotatable bonds is 4. The maximum atomic E-state index is 4.65. The lowest BCUT2D eigenvalue weighted by atomic mass is 9.91. The lowest BCUT2D eigenvalue weighted by molar-refractivity contribution is 0.0875. The summed E-state index contributed by atoms with van der Waals surface area (Å²) in [4.78, 5) is 16.5. The Bertz CT molecular complexity index is 692. The van der Waals surface area contributed by atoms with Crippen LogP contribution in [0, 0.1) is 0 Å². The van der Waals surface area contributed by atoms with Gasteiger partial charge in [-0.25, -0.2) is 0 Å². The second-order valence-corrected chi connectivity index (χ2v) is 6.73. The van der Waals surface area contributed by atoms with E-state index in [2.05, 4.69) is 50.2 Å². The van der Waals surface area contributed by atoms with Gasteiger partial charge in [-0.3, -0.25) is 19.9 Å². The second-order valence-electron chi connectivity index (χ2n) is 6.73. The molecule has 4 nitrogen and oxygen atoms in total. The summed E-state index contributed by atoms with van der Waals surface area (Å²) in [5, 5.41) is 0. The lowest BCUT2D eigenvalue weighted by Gasteiger charge is -2.41. The fourth-order valence-corrected chi connectivity index (χ4v) is 3.91. The number of nitrogens with zero attached hydrogens (tertiary/aromatic N) is 4.